The van der Waals surface area contributed by atoms with Crippen LogP contribution < -0.4 is 0 Å². The number of aromatic nitrogens is 2. The fraction of sp³-hybridized carbons (Fsp3) is 0.0833. The first-order chi connectivity index (χ1) is 8.08. The summed E-state index contributed by atoms with van der Waals surface area (Å²) in [4.78, 5) is 10.6. The number of aromatic carboxylic acids is 1. The lowest BCUT2D eigenvalue weighted by atomic mass is 10.1. The van der Waals surface area contributed by atoms with Crippen molar-refractivity contribution in [1.82, 2.24) is 10.2 Å². The molecule has 0 radical (unpaired) electrons. The lowest BCUT2D eigenvalue weighted by molar-refractivity contribution is 0.0692. The molecule has 0 bridgehead atoms. The van der Waals surface area contributed by atoms with E-state index in [1.807, 2.05) is 0 Å². The number of aryl methyl sites for hydroxylation is 1. The summed E-state index contributed by atoms with van der Waals surface area (Å²) in [6.07, 6.45) is 0. The van der Waals surface area contributed by atoms with Crippen LogP contribution in [0.2, 0.25) is 0 Å². The number of carboxylic acid groups (broad SMARTS) is 1. The third-order valence-corrected chi connectivity index (χ3v) is 2.29. The van der Waals surface area contributed by atoms with Crippen LogP contribution in [0.3, 0.4) is 0 Å². The molecule has 0 unspecified atom stereocenters. The summed E-state index contributed by atoms with van der Waals surface area (Å²) >= 11 is 0. The van der Waals surface area contributed by atoms with Gasteiger partial charge in [-0.1, -0.05) is 6.07 Å². The highest BCUT2D eigenvalue weighted by Gasteiger charge is 2.11. The molecule has 0 atom stereocenters. The molecule has 0 aliphatic heterocycles. The summed E-state index contributed by atoms with van der Waals surface area (Å²) in [6.45, 7) is 1.80. The van der Waals surface area contributed by atoms with E-state index >= 15 is 0 Å². The minimum Gasteiger partial charge on any atom is -0.478 e. The molecule has 1 aromatic carbocycles. The van der Waals surface area contributed by atoms with Crippen LogP contribution in [-0.4, -0.2) is 21.3 Å². The van der Waals surface area contributed by atoms with Gasteiger partial charge in [0.2, 0.25) is 0 Å². The normalized spacial score (nSPS) is 10.2. The van der Waals surface area contributed by atoms with Crippen molar-refractivity contribution < 1.29 is 14.3 Å². The summed E-state index contributed by atoms with van der Waals surface area (Å²) in [5.41, 5.74) is 1.41. The molecular formula is C12H9FN2O2. The first-order valence-electron chi connectivity index (χ1n) is 4.91. The van der Waals surface area contributed by atoms with E-state index in [2.05, 4.69) is 10.2 Å². The number of hydrogen-bond donors (Lipinski definition) is 1. The predicted molar refractivity (Wildman–Crippen MR) is 59.1 cm³/mol. The van der Waals surface area contributed by atoms with Crippen LogP contribution in [0.25, 0.3) is 11.3 Å². The van der Waals surface area contributed by atoms with Gasteiger partial charge in [-0.05, 0) is 31.2 Å². The molecule has 1 heterocycles. The summed E-state index contributed by atoms with van der Waals surface area (Å²) < 4.78 is 13.4. The fourth-order valence-electron chi connectivity index (χ4n) is 1.40. The first-order valence-corrected chi connectivity index (χ1v) is 4.91. The van der Waals surface area contributed by atoms with Gasteiger partial charge in [-0.3, -0.25) is 0 Å². The van der Waals surface area contributed by atoms with Crippen LogP contribution in [0.15, 0.2) is 30.3 Å². The molecule has 1 aromatic heterocycles. The number of nitrogens with zero attached hydrogens (tertiary/aromatic N) is 2. The number of rotatable bonds is 2. The number of hydrogen-bond acceptors (Lipinski definition) is 3. The maximum Gasteiger partial charge on any atom is 0.338 e. The van der Waals surface area contributed by atoms with Crippen LogP contribution in [0.5, 0.6) is 0 Å². The second kappa shape index (κ2) is 4.29. The number of carbonyl (C=O) groups is 1. The van der Waals surface area contributed by atoms with Gasteiger partial charge in [0.05, 0.1) is 17.0 Å². The largest absolute Gasteiger partial charge is 0.478 e. The molecule has 86 valence electrons. The van der Waals surface area contributed by atoms with E-state index in [1.165, 1.54) is 12.1 Å². The Kier molecular flexibility index (Phi) is 2.82. The minimum absolute atomic E-state index is 0.353. The molecule has 1 N–H and O–H groups in total. The minimum atomic E-state index is -1.29. The highest BCUT2D eigenvalue weighted by atomic mass is 19.1. The topological polar surface area (TPSA) is 63.1 Å². The Morgan fingerprint density at radius 3 is 2.53 bits per heavy atom. The lowest BCUT2D eigenvalue weighted by Crippen LogP contribution is -2.00. The number of carboxylic acids is 1. The Morgan fingerprint density at radius 2 is 2.00 bits per heavy atom. The molecule has 0 aliphatic carbocycles. The molecule has 0 saturated heterocycles. The smallest absolute Gasteiger partial charge is 0.338 e. The molecule has 2 rings (SSSR count). The van der Waals surface area contributed by atoms with Gasteiger partial charge in [-0.15, -0.1) is 0 Å². The van der Waals surface area contributed by atoms with Crippen molar-refractivity contribution in [2.75, 3.05) is 0 Å². The number of halogens is 1. The van der Waals surface area contributed by atoms with Crippen molar-refractivity contribution in [3.8, 4) is 11.3 Å². The monoisotopic (exact) mass is 232 g/mol. The zero-order valence-electron chi connectivity index (χ0n) is 9.01. The Hall–Kier alpha value is -2.30. The summed E-state index contributed by atoms with van der Waals surface area (Å²) in [5, 5.41) is 16.4. The van der Waals surface area contributed by atoms with Gasteiger partial charge in [-0.2, -0.15) is 10.2 Å². The van der Waals surface area contributed by atoms with Gasteiger partial charge < -0.3 is 5.11 Å². The fourth-order valence-corrected chi connectivity index (χ4v) is 1.40. The molecule has 0 amide bonds. The van der Waals surface area contributed by atoms with Gasteiger partial charge in [0.25, 0.3) is 0 Å². The predicted octanol–water partition coefficient (Wildman–Crippen LogP) is 2.29. The second-order valence-electron chi connectivity index (χ2n) is 3.56. The van der Waals surface area contributed by atoms with Crippen LogP contribution in [0, 0.1) is 12.7 Å². The maximum absolute atomic E-state index is 13.4. The van der Waals surface area contributed by atoms with E-state index in [0.29, 0.717) is 11.3 Å². The third-order valence-electron chi connectivity index (χ3n) is 2.29. The van der Waals surface area contributed by atoms with Crippen molar-refractivity contribution in [1.29, 1.82) is 0 Å². The maximum atomic E-state index is 13.4. The third kappa shape index (κ3) is 2.28. The van der Waals surface area contributed by atoms with E-state index in [4.69, 9.17) is 5.11 Å². The Morgan fingerprint density at radius 1 is 1.24 bits per heavy atom. The van der Waals surface area contributed by atoms with Crippen molar-refractivity contribution in [3.63, 3.8) is 0 Å². The zero-order valence-corrected chi connectivity index (χ0v) is 9.01. The van der Waals surface area contributed by atoms with E-state index in [1.54, 1.807) is 19.1 Å². The molecule has 4 nitrogen and oxygen atoms in total. The van der Waals surface area contributed by atoms with Crippen LogP contribution in [0.4, 0.5) is 4.39 Å². The second-order valence-corrected chi connectivity index (χ2v) is 3.56. The van der Waals surface area contributed by atoms with Gasteiger partial charge in [0.15, 0.2) is 0 Å². The van der Waals surface area contributed by atoms with Gasteiger partial charge in [-0.25, -0.2) is 9.18 Å². The molecule has 0 saturated carbocycles. The molecule has 5 heteroatoms. The molecule has 17 heavy (non-hydrogen) atoms. The molecule has 0 spiro atoms. The van der Waals surface area contributed by atoms with E-state index in [-0.39, 0.29) is 5.56 Å². The molecule has 2 aromatic rings. The molecule has 0 aliphatic rings. The molecule has 0 fully saturated rings. The highest BCUT2D eigenvalue weighted by Crippen LogP contribution is 2.19. The average molecular weight is 232 g/mol. The van der Waals surface area contributed by atoms with Crippen molar-refractivity contribution in [2.45, 2.75) is 6.92 Å². The van der Waals surface area contributed by atoms with Crippen LogP contribution in [-0.2, 0) is 0 Å². The summed E-state index contributed by atoms with van der Waals surface area (Å²) in [5.74, 6) is -2.07. The standard InChI is InChI=1S/C12H9FN2O2/c1-7-2-5-11(15-14-7)8-3-4-9(12(16)17)10(13)6-8/h2-6H,1H3,(H,16,17). The number of benzene rings is 1. The van der Waals surface area contributed by atoms with E-state index in [0.717, 1.165) is 11.8 Å². The summed E-state index contributed by atoms with van der Waals surface area (Å²) in [7, 11) is 0. The van der Waals surface area contributed by atoms with Crippen molar-refractivity contribution in [3.05, 3.63) is 47.4 Å². The zero-order chi connectivity index (χ0) is 12.4. The van der Waals surface area contributed by atoms with E-state index < -0.39 is 11.8 Å². The SMILES string of the molecule is Cc1ccc(-c2ccc(C(=O)O)c(F)c2)nn1. The van der Waals surface area contributed by atoms with Gasteiger partial charge in [0, 0.05) is 5.56 Å². The lowest BCUT2D eigenvalue weighted by Gasteiger charge is -2.02. The Labute approximate surface area is 96.7 Å². The van der Waals surface area contributed by atoms with Crippen molar-refractivity contribution >= 4 is 5.97 Å². The summed E-state index contributed by atoms with van der Waals surface area (Å²) in [6, 6.07) is 7.33. The van der Waals surface area contributed by atoms with Gasteiger partial charge in [0.1, 0.15) is 5.82 Å². The highest BCUT2D eigenvalue weighted by molar-refractivity contribution is 5.88. The van der Waals surface area contributed by atoms with Gasteiger partial charge >= 0.3 is 5.97 Å². The Bertz CT molecular complexity index is 567. The van der Waals surface area contributed by atoms with Crippen LogP contribution in [0.1, 0.15) is 16.1 Å². The first kappa shape index (κ1) is 11.2. The quantitative estimate of drug-likeness (QED) is 0.862. The van der Waals surface area contributed by atoms with E-state index in [9.17, 15) is 9.18 Å². The average Bonchev–Trinajstić information content (AvgIpc) is 2.29. The van der Waals surface area contributed by atoms with Crippen LogP contribution >= 0.6 is 0 Å². The Balaban J connectivity index is 2.44. The molecular weight excluding hydrogens is 223 g/mol. The van der Waals surface area contributed by atoms with Crippen molar-refractivity contribution in [2.24, 2.45) is 0 Å².